The van der Waals surface area contributed by atoms with Crippen molar-refractivity contribution in [2.45, 2.75) is 25.5 Å². The summed E-state index contributed by atoms with van der Waals surface area (Å²) < 4.78 is 26.4. The van der Waals surface area contributed by atoms with Gasteiger partial charge >= 0.3 is 0 Å². The Hall–Kier alpha value is -1.53. The summed E-state index contributed by atoms with van der Waals surface area (Å²) >= 11 is 0. The number of nitrogens with two attached hydrogens (primary N) is 1. The quantitative estimate of drug-likeness (QED) is 0.828. The minimum atomic E-state index is -1.00. The minimum Gasteiger partial charge on any atom is -0.390 e. The molecule has 19 heavy (non-hydrogen) atoms. The number of carbonyl (C=O) groups excluding carboxylic acids is 1. The number of carbonyl (C=O) groups is 1. The standard InChI is InChI=1S/C13H18F2N2O2/c1-8(18)17(2)7-13(19)12(16)6-9-5-10(14)3-4-11(9)15/h3-5,12-13,19H,6-7,16H2,1-2H3/t12-,13-/m1/s1. The van der Waals surface area contributed by atoms with Gasteiger partial charge < -0.3 is 15.7 Å². The van der Waals surface area contributed by atoms with Crippen LogP contribution in [0.15, 0.2) is 18.2 Å². The Bertz CT molecular complexity index is 454. The number of rotatable bonds is 5. The zero-order valence-electron chi connectivity index (χ0n) is 10.9. The number of halogens is 2. The minimum absolute atomic E-state index is 0.00347. The molecular weight excluding hydrogens is 254 g/mol. The maximum absolute atomic E-state index is 13.4. The van der Waals surface area contributed by atoms with Crippen LogP contribution in [0.25, 0.3) is 0 Å². The fourth-order valence-corrected chi connectivity index (χ4v) is 1.63. The molecule has 6 heteroatoms. The second-order valence-electron chi connectivity index (χ2n) is 4.57. The van der Waals surface area contributed by atoms with Crippen LogP contribution in [0.1, 0.15) is 12.5 Å². The zero-order chi connectivity index (χ0) is 14.6. The predicted molar refractivity (Wildman–Crippen MR) is 67.4 cm³/mol. The normalized spacial score (nSPS) is 14.0. The van der Waals surface area contributed by atoms with E-state index in [9.17, 15) is 18.7 Å². The van der Waals surface area contributed by atoms with Crippen LogP contribution in [0, 0.1) is 11.6 Å². The van der Waals surface area contributed by atoms with Gasteiger partial charge in [-0.2, -0.15) is 0 Å². The molecule has 0 aliphatic rings. The second kappa shape index (κ2) is 6.58. The fraction of sp³-hybridized carbons (Fsp3) is 0.462. The van der Waals surface area contributed by atoms with Crippen molar-refractivity contribution in [3.8, 4) is 0 Å². The summed E-state index contributed by atoms with van der Waals surface area (Å²) in [4.78, 5) is 12.3. The topological polar surface area (TPSA) is 66.6 Å². The van der Waals surface area contributed by atoms with Crippen molar-refractivity contribution in [2.24, 2.45) is 5.73 Å². The number of likely N-dealkylation sites (N-methyl/N-ethyl adjacent to an activating group) is 1. The molecule has 1 amide bonds. The summed E-state index contributed by atoms with van der Waals surface area (Å²) in [6, 6.07) is 2.31. The molecule has 0 aliphatic heterocycles. The number of aliphatic hydroxyl groups is 1. The zero-order valence-corrected chi connectivity index (χ0v) is 10.9. The Morgan fingerprint density at radius 1 is 1.47 bits per heavy atom. The van der Waals surface area contributed by atoms with Crippen LogP contribution >= 0.6 is 0 Å². The number of hydrogen-bond donors (Lipinski definition) is 2. The molecule has 0 fully saturated rings. The summed E-state index contributed by atoms with van der Waals surface area (Å²) in [6.07, 6.45) is -1.01. The lowest BCUT2D eigenvalue weighted by atomic mass is 10.0. The van der Waals surface area contributed by atoms with Gasteiger partial charge in [0.2, 0.25) is 5.91 Å². The van der Waals surface area contributed by atoms with Gasteiger partial charge in [0.25, 0.3) is 0 Å². The molecular formula is C13H18F2N2O2. The fourth-order valence-electron chi connectivity index (χ4n) is 1.63. The number of nitrogens with zero attached hydrogens (tertiary/aromatic N) is 1. The molecule has 0 unspecified atom stereocenters. The molecule has 106 valence electrons. The van der Waals surface area contributed by atoms with Crippen molar-refractivity contribution < 1.29 is 18.7 Å². The van der Waals surface area contributed by atoms with Crippen molar-refractivity contribution in [1.29, 1.82) is 0 Å². The first-order valence-electron chi connectivity index (χ1n) is 5.90. The molecule has 0 aromatic heterocycles. The summed E-state index contributed by atoms with van der Waals surface area (Å²) in [6.45, 7) is 1.41. The van der Waals surface area contributed by atoms with Gasteiger partial charge in [-0.15, -0.1) is 0 Å². The molecule has 2 atom stereocenters. The predicted octanol–water partition coefficient (Wildman–Crippen LogP) is 0.674. The first-order chi connectivity index (χ1) is 8.81. The summed E-state index contributed by atoms with van der Waals surface area (Å²) in [5.74, 6) is -1.33. The molecule has 0 saturated heterocycles. The van der Waals surface area contributed by atoms with Gasteiger partial charge in [0.1, 0.15) is 11.6 Å². The van der Waals surface area contributed by atoms with Crippen LogP contribution in [0.4, 0.5) is 8.78 Å². The van der Waals surface area contributed by atoms with E-state index in [1.54, 1.807) is 0 Å². The first kappa shape index (κ1) is 15.5. The van der Waals surface area contributed by atoms with E-state index >= 15 is 0 Å². The van der Waals surface area contributed by atoms with Crippen LogP contribution in [0.5, 0.6) is 0 Å². The summed E-state index contributed by atoms with van der Waals surface area (Å²) in [5.41, 5.74) is 5.85. The van der Waals surface area contributed by atoms with E-state index in [0.717, 1.165) is 18.2 Å². The SMILES string of the molecule is CC(=O)N(C)C[C@@H](O)[C@H](N)Cc1cc(F)ccc1F. The van der Waals surface area contributed by atoms with Crippen LogP contribution in [0.2, 0.25) is 0 Å². The van der Waals surface area contributed by atoms with Crippen LogP contribution in [-0.4, -0.2) is 41.7 Å². The van der Waals surface area contributed by atoms with E-state index < -0.39 is 23.8 Å². The Kier molecular flexibility index (Phi) is 5.38. The van der Waals surface area contributed by atoms with E-state index in [0.29, 0.717) is 0 Å². The lowest BCUT2D eigenvalue weighted by Gasteiger charge is -2.24. The Labute approximate surface area is 110 Å². The summed E-state index contributed by atoms with van der Waals surface area (Å²) in [5, 5.41) is 9.82. The van der Waals surface area contributed by atoms with Gasteiger partial charge in [0.05, 0.1) is 6.10 Å². The van der Waals surface area contributed by atoms with Crippen LogP contribution < -0.4 is 5.73 Å². The molecule has 3 N–H and O–H groups in total. The lowest BCUT2D eigenvalue weighted by molar-refractivity contribution is -0.128. The molecule has 0 bridgehead atoms. The molecule has 1 rings (SSSR count). The highest BCUT2D eigenvalue weighted by atomic mass is 19.1. The maximum atomic E-state index is 13.4. The van der Waals surface area contributed by atoms with E-state index in [2.05, 4.69) is 0 Å². The number of aliphatic hydroxyl groups excluding tert-OH is 1. The van der Waals surface area contributed by atoms with Crippen LogP contribution in [-0.2, 0) is 11.2 Å². The molecule has 4 nitrogen and oxygen atoms in total. The molecule has 1 aromatic carbocycles. The van der Waals surface area contributed by atoms with Crippen molar-refractivity contribution in [1.82, 2.24) is 4.90 Å². The second-order valence-corrected chi connectivity index (χ2v) is 4.57. The number of amides is 1. The third-order valence-electron chi connectivity index (χ3n) is 2.96. The van der Waals surface area contributed by atoms with Gasteiger partial charge in [0.15, 0.2) is 0 Å². The highest BCUT2D eigenvalue weighted by Crippen LogP contribution is 2.12. The number of benzene rings is 1. The Morgan fingerprint density at radius 2 is 2.11 bits per heavy atom. The van der Waals surface area contributed by atoms with E-state index in [-0.39, 0.29) is 24.4 Å². The third kappa shape index (κ3) is 4.57. The van der Waals surface area contributed by atoms with Crippen molar-refractivity contribution in [2.75, 3.05) is 13.6 Å². The first-order valence-corrected chi connectivity index (χ1v) is 5.90. The van der Waals surface area contributed by atoms with Crippen molar-refractivity contribution in [3.63, 3.8) is 0 Å². The van der Waals surface area contributed by atoms with E-state index in [4.69, 9.17) is 5.73 Å². The Balaban J connectivity index is 2.65. The van der Waals surface area contributed by atoms with Gasteiger partial charge in [-0.25, -0.2) is 8.78 Å². The smallest absolute Gasteiger partial charge is 0.219 e. The molecule has 1 aromatic rings. The van der Waals surface area contributed by atoms with Gasteiger partial charge in [-0.3, -0.25) is 4.79 Å². The molecule has 0 radical (unpaired) electrons. The highest BCUT2D eigenvalue weighted by molar-refractivity contribution is 5.72. The molecule has 0 saturated carbocycles. The molecule has 0 heterocycles. The van der Waals surface area contributed by atoms with Crippen LogP contribution in [0.3, 0.4) is 0 Å². The van der Waals surface area contributed by atoms with E-state index in [1.807, 2.05) is 0 Å². The average Bonchev–Trinajstić information content (AvgIpc) is 2.33. The molecule has 0 spiro atoms. The van der Waals surface area contributed by atoms with Gasteiger partial charge in [0, 0.05) is 26.6 Å². The molecule has 0 aliphatic carbocycles. The van der Waals surface area contributed by atoms with Crippen molar-refractivity contribution >= 4 is 5.91 Å². The largest absolute Gasteiger partial charge is 0.390 e. The maximum Gasteiger partial charge on any atom is 0.219 e. The van der Waals surface area contributed by atoms with Gasteiger partial charge in [-0.05, 0) is 30.2 Å². The van der Waals surface area contributed by atoms with Gasteiger partial charge in [-0.1, -0.05) is 0 Å². The summed E-state index contributed by atoms with van der Waals surface area (Å²) in [7, 11) is 1.53. The number of hydrogen-bond acceptors (Lipinski definition) is 3. The average molecular weight is 272 g/mol. The lowest BCUT2D eigenvalue weighted by Crippen LogP contribution is -2.44. The Morgan fingerprint density at radius 3 is 2.68 bits per heavy atom. The monoisotopic (exact) mass is 272 g/mol. The highest BCUT2D eigenvalue weighted by Gasteiger charge is 2.19. The van der Waals surface area contributed by atoms with E-state index in [1.165, 1.54) is 18.9 Å². The van der Waals surface area contributed by atoms with Crippen molar-refractivity contribution in [3.05, 3.63) is 35.4 Å². The third-order valence-corrected chi connectivity index (χ3v) is 2.96.